The molecule has 1 aliphatic carbocycles. The van der Waals surface area contributed by atoms with Gasteiger partial charge in [0, 0.05) is 12.2 Å². The van der Waals surface area contributed by atoms with Gasteiger partial charge in [-0.3, -0.25) is 0 Å². The molecule has 2 aromatic rings. The van der Waals surface area contributed by atoms with Crippen molar-refractivity contribution in [3.63, 3.8) is 0 Å². The summed E-state index contributed by atoms with van der Waals surface area (Å²) in [7, 11) is 0. The summed E-state index contributed by atoms with van der Waals surface area (Å²) >= 11 is 5.98. The lowest BCUT2D eigenvalue weighted by atomic mass is 10.2. The number of rotatable bonds is 3. The van der Waals surface area contributed by atoms with Gasteiger partial charge in [0.15, 0.2) is 0 Å². The quantitative estimate of drug-likeness (QED) is 0.869. The molecule has 1 heterocycles. The number of aryl methyl sites for hydroxylation is 1. The molecular formula is C14H13ClF3N3. The first kappa shape index (κ1) is 14.3. The number of nitrogens with zero attached hydrogens (tertiary/aromatic N) is 2. The van der Waals surface area contributed by atoms with E-state index in [2.05, 4.69) is 10.3 Å². The molecule has 0 spiro atoms. The number of alkyl halides is 3. The van der Waals surface area contributed by atoms with E-state index in [1.165, 1.54) is 6.07 Å². The largest absolute Gasteiger partial charge is 0.416 e. The average Bonchev–Trinajstić information content (AvgIpc) is 3.15. The number of anilines is 2. The van der Waals surface area contributed by atoms with Crippen LogP contribution in [0, 0.1) is 6.92 Å². The minimum atomic E-state index is -4.40. The number of benzene rings is 1. The van der Waals surface area contributed by atoms with E-state index in [1.807, 2.05) is 17.7 Å². The summed E-state index contributed by atoms with van der Waals surface area (Å²) in [5, 5.41) is 3.14. The highest BCUT2D eigenvalue weighted by molar-refractivity contribution is 6.33. The van der Waals surface area contributed by atoms with Crippen molar-refractivity contribution in [2.45, 2.75) is 32.0 Å². The van der Waals surface area contributed by atoms with Crippen LogP contribution < -0.4 is 5.32 Å². The van der Waals surface area contributed by atoms with Crippen molar-refractivity contribution in [2.75, 3.05) is 5.32 Å². The molecule has 3 rings (SSSR count). The third kappa shape index (κ3) is 3.00. The molecule has 1 N–H and O–H groups in total. The molecule has 1 aliphatic rings. The third-order valence-electron chi connectivity index (χ3n) is 3.33. The van der Waals surface area contributed by atoms with Crippen LogP contribution in [0.25, 0.3) is 0 Å². The Balaban J connectivity index is 1.94. The van der Waals surface area contributed by atoms with Crippen LogP contribution in [0.3, 0.4) is 0 Å². The van der Waals surface area contributed by atoms with E-state index in [-0.39, 0.29) is 10.7 Å². The van der Waals surface area contributed by atoms with Gasteiger partial charge in [0.2, 0.25) is 5.95 Å². The van der Waals surface area contributed by atoms with E-state index in [4.69, 9.17) is 11.6 Å². The summed E-state index contributed by atoms with van der Waals surface area (Å²) in [4.78, 5) is 4.31. The normalized spacial score (nSPS) is 15.3. The zero-order valence-electron chi connectivity index (χ0n) is 11.2. The SMILES string of the molecule is Cc1cn(C2CC2)c(Nc2cc(C(F)(F)F)ccc2Cl)n1. The molecule has 0 radical (unpaired) electrons. The van der Waals surface area contributed by atoms with Crippen LogP contribution in [0.2, 0.25) is 5.02 Å². The van der Waals surface area contributed by atoms with Crippen molar-refractivity contribution in [2.24, 2.45) is 0 Å². The number of hydrogen-bond donors (Lipinski definition) is 1. The van der Waals surface area contributed by atoms with Crippen LogP contribution in [0.5, 0.6) is 0 Å². The van der Waals surface area contributed by atoms with Gasteiger partial charge in [-0.15, -0.1) is 0 Å². The molecule has 1 saturated carbocycles. The average molecular weight is 316 g/mol. The summed E-state index contributed by atoms with van der Waals surface area (Å²) in [6.07, 6.45) is -0.397. The molecule has 0 aliphatic heterocycles. The molecular weight excluding hydrogens is 303 g/mol. The maximum absolute atomic E-state index is 12.8. The zero-order valence-corrected chi connectivity index (χ0v) is 12.0. The minimum absolute atomic E-state index is 0.207. The topological polar surface area (TPSA) is 29.9 Å². The molecule has 0 saturated heterocycles. The van der Waals surface area contributed by atoms with Gasteiger partial charge < -0.3 is 9.88 Å². The summed E-state index contributed by atoms with van der Waals surface area (Å²) < 4.78 is 40.3. The van der Waals surface area contributed by atoms with Crippen molar-refractivity contribution in [3.05, 3.63) is 40.7 Å². The Bertz CT molecular complexity index is 675. The monoisotopic (exact) mass is 315 g/mol. The van der Waals surface area contributed by atoms with E-state index in [0.717, 1.165) is 30.7 Å². The predicted octanol–water partition coefficient (Wildman–Crippen LogP) is 4.94. The van der Waals surface area contributed by atoms with Crippen molar-refractivity contribution < 1.29 is 13.2 Å². The van der Waals surface area contributed by atoms with Gasteiger partial charge in [0.25, 0.3) is 0 Å². The third-order valence-corrected chi connectivity index (χ3v) is 3.66. The lowest BCUT2D eigenvalue weighted by Gasteiger charge is -2.13. The molecule has 0 unspecified atom stereocenters. The molecule has 0 amide bonds. The number of aromatic nitrogens is 2. The second kappa shape index (κ2) is 4.94. The Kier molecular flexibility index (Phi) is 3.36. The molecule has 1 aromatic heterocycles. The van der Waals surface area contributed by atoms with Crippen LogP contribution in [-0.2, 0) is 6.18 Å². The second-order valence-electron chi connectivity index (χ2n) is 5.16. The van der Waals surface area contributed by atoms with Gasteiger partial charge in [-0.2, -0.15) is 13.2 Å². The number of halogens is 4. The molecule has 0 bridgehead atoms. The van der Waals surface area contributed by atoms with E-state index >= 15 is 0 Å². The molecule has 112 valence electrons. The number of imidazole rings is 1. The first-order chi connectivity index (χ1) is 9.84. The standard InChI is InChI=1S/C14H13ClF3N3/c1-8-7-21(10-3-4-10)13(19-8)20-12-6-9(14(16,17)18)2-5-11(12)15/h2,5-7,10H,3-4H2,1H3,(H,19,20). The van der Waals surface area contributed by atoms with Crippen LogP contribution >= 0.6 is 11.6 Å². The Hall–Kier alpha value is -1.69. The Labute approximate surface area is 124 Å². The first-order valence-electron chi connectivity index (χ1n) is 6.54. The van der Waals surface area contributed by atoms with Crippen molar-refractivity contribution in [1.82, 2.24) is 9.55 Å². The minimum Gasteiger partial charge on any atom is -0.324 e. The molecule has 1 aromatic carbocycles. The van der Waals surface area contributed by atoms with Crippen molar-refractivity contribution in [3.8, 4) is 0 Å². The van der Waals surface area contributed by atoms with Crippen LogP contribution in [0.15, 0.2) is 24.4 Å². The van der Waals surface area contributed by atoms with Gasteiger partial charge in [-0.25, -0.2) is 4.98 Å². The molecule has 3 nitrogen and oxygen atoms in total. The summed E-state index contributed by atoms with van der Waals surface area (Å²) in [5.41, 5.74) is 0.280. The molecule has 1 fully saturated rings. The highest BCUT2D eigenvalue weighted by atomic mass is 35.5. The lowest BCUT2D eigenvalue weighted by molar-refractivity contribution is -0.137. The maximum atomic E-state index is 12.8. The van der Waals surface area contributed by atoms with Crippen LogP contribution in [-0.4, -0.2) is 9.55 Å². The molecule has 0 atom stereocenters. The van der Waals surface area contributed by atoms with E-state index in [1.54, 1.807) is 0 Å². The van der Waals surface area contributed by atoms with E-state index < -0.39 is 11.7 Å². The van der Waals surface area contributed by atoms with Gasteiger partial charge >= 0.3 is 6.18 Å². The highest BCUT2D eigenvalue weighted by Crippen LogP contribution is 2.39. The fourth-order valence-electron chi connectivity index (χ4n) is 2.16. The van der Waals surface area contributed by atoms with Crippen molar-refractivity contribution >= 4 is 23.2 Å². The van der Waals surface area contributed by atoms with Crippen LogP contribution in [0.4, 0.5) is 24.8 Å². The number of nitrogens with one attached hydrogen (secondary N) is 1. The lowest BCUT2D eigenvalue weighted by Crippen LogP contribution is -2.07. The summed E-state index contributed by atoms with van der Waals surface area (Å²) in [6.45, 7) is 1.85. The van der Waals surface area contributed by atoms with Gasteiger partial charge in [-0.1, -0.05) is 11.6 Å². The summed E-state index contributed by atoms with van der Waals surface area (Å²) in [5.74, 6) is 0.524. The smallest absolute Gasteiger partial charge is 0.324 e. The molecule has 21 heavy (non-hydrogen) atoms. The Morgan fingerprint density at radius 2 is 2.05 bits per heavy atom. The predicted molar refractivity (Wildman–Crippen MR) is 75.0 cm³/mol. The maximum Gasteiger partial charge on any atom is 0.416 e. The fourth-order valence-corrected chi connectivity index (χ4v) is 2.32. The van der Waals surface area contributed by atoms with Gasteiger partial charge in [-0.05, 0) is 38.0 Å². The van der Waals surface area contributed by atoms with Gasteiger partial charge in [0.1, 0.15) is 0 Å². The summed E-state index contributed by atoms with van der Waals surface area (Å²) in [6, 6.07) is 3.58. The van der Waals surface area contributed by atoms with Crippen molar-refractivity contribution in [1.29, 1.82) is 0 Å². The van der Waals surface area contributed by atoms with Crippen LogP contribution in [0.1, 0.15) is 30.1 Å². The Morgan fingerprint density at radius 3 is 2.67 bits per heavy atom. The second-order valence-corrected chi connectivity index (χ2v) is 5.57. The van der Waals surface area contributed by atoms with E-state index in [9.17, 15) is 13.2 Å². The molecule has 7 heteroatoms. The first-order valence-corrected chi connectivity index (χ1v) is 6.91. The number of hydrogen-bond acceptors (Lipinski definition) is 2. The zero-order chi connectivity index (χ0) is 15.2. The fraction of sp³-hybridized carbons (Fsp3) is 0.357. The highest BCUT2D eigenvalue weighted by Gasteiger charge is 2.31. The van der Waals surface area contributed by atoms with E-state index in [0.29, 0.717) is 12.0 Å². The Morgan fingerprint density at radius 1 is 1.33 bits per heavy atom. The van der Waals surface area contributed by atoms with Gasteiger partial charge in [0.05, 0.1) is 22.0 Å².